The number of amides is 2. The van der Waals surface area contributed by atoms with Crippen LogP contribution in [-0.4, -0.2) is 36.1 Å². The van der Waals surface area contributed by atoms with Gasteiger partial charge in [-0.15, -0.1) is 11.3 Å². The van der Waals surface area contributed by atoms with Crippen LogP contribution < -0.4 is 10.6 Å². The van der Waals surface area contributed by atoms with E-state index in [1.165, 1.54) is 11.3 Å². The zero-order valence-electron chi connectivity index (χ0n) is 10.3. The van der Waals surface area contributed by atoms with Gasteiger partial charge in [0.1, 0.15) is 0 Å². The number of nitrogens with one attached hydrogen (secondary N) is 2. The van der Waals surface area contributed by atoms with Crippen molar-refractivity contribution in [1.82, 2.24) is 10.6 Å². The molecule has 0 fully saturated rings. The van der Waals surface area contributed by atoms with Gasteiger partial charge in [-0.05, 0) is 17.9 Å². The summed E-state index contributed by atoms with van der Waals surface area (Å²) in [5, 5.41) is 16.2. The van der Waals surface area contributed by atoms with Gasteiger partial charge in [-0.3, -0.25) is 9.59 Å². The van der Waals surface area contributed by atoms with Crippen LogP contribution in [0.15, 0.2) is 29.7 Å². The van der Waals surface area contributed by atoms with Gasteiger partial charge in [0.2, 0.25) is 5.91 Å². The molecule has 19 heavy (non-hydrogen) atoms. The lowest BCUT2D eigenvalue weighted by Gasteiger charge is -2.12. The minimum Gasteiger partial charge on any atom is -0.396 e. The third kappa shape index (κ3) is 3.90. The van der Waals surface area contributed by atoms with E-state index in [4.69, 9.17) is 5.11 Å². The second-order valence-corrected chi connectivity index (χ2v) is 5.34. The lowest BCUT2D eigenvalue weighted by molar-refractivity contribution is -0.120. The van der Waals surface area contributed by atoms with Crippen molar-refractivity contribution in [3.05, 3.63) is 34.5 Å². The molecule has 0 aromatic carbocycles. The first-order chi connectivity index (χ1) is 9.19. The van der Waals surface area contributed by atoms with E-state index in [1.807, 2.05) is 17.5 Å². The van der Waals surface area contributed by atoms with E-state index in [1.54, 1.807) is 12.1 Å². The summed E-state index contributed by atoms with van der Waals surface area (Å²) in [6, 6.07) is 3.45. The number of hydrogen-bond donors (Lipinski definition) is 3. The zero-order valence-corrected chi connectivity index (χ0v) is 11.2. The Morgan fingerprint density at radius 3 is 2.89 bits per heavy atom. The molecule has 2 atom stereocenters. The fourth-order valence-electron chi connectivity index (χ4n) is 1.93. The first-order valence-electron chi connectivity index (χ1n) is 6.09. The van der Waals surface area contributed by atoms with Crippen molar-refractivity contribution in [2.24, 2.45) is 5.92 Å². The number of thiophene rings is 1. The highest BCUT2D eigenvalue weighted by atomic mass is 32.1. The summed E-state index contributed by atoms with van der Waals surface area (Å²) in [5.41, 5.74) is 0. The van der Waals surface area contributed by atoms with Crippen molar-refractivity contribution in [2.45, 2.75) is 12.5 Å². The molecule has 0 aliphatic heterocycles. The third-order valence-electron chi connectivity index (χ3n) is 2.91. The molecular weight excluding hydrogens is 264 g/mol. The van der Waals surface area contributed by atoms with Crippen molar-refractivity contribution in [3.8, 4) is 0 Å². The van der Waals surface area contributed by atoms with Crippen molar-refractivity contribution >= 4 is 23.2 Å². The summed E-state index contributed by atoms with van der Waals surface area (Å²) in [5.74, 6) is -0.343. The zero-order chi connectivity index (χ0) is 13.7. The highest BCUT2D eigenvalue weighted by Crippen LogP contribution is 2.16. The van der Waals surface area contributed by atoms with E-state index in [-0.39, 0.29) is 36.9 Å². The second kappa shape index (κ2) is 6.49. The molecule has 1 aromatic heterocycles. The highest BCUT2D eigenvalue weighted by Gasteiger charge is 2.19. The quantitative estimate of drug-likeness (QED) is 0.689. The topological polar surface area (TPSA) is 78.4 Å². The van der Waals surface area contributed by atoms with Crippen molar-refractivity contribution in [1.29, 1.82) is 0 Å². The molecule has 102 valence electrons. The number of aliphatic hydroxyl groups excluding tert-OH is 1. The molecule has 3 N–H and O–H groups in total. The van der Waals surface area contributed by atoms with Gasteiger partial charge >= 0.3 is 0 Å². The first-order valence-corrected chi connectivity index (χ1v) is 6.97. The Morgan fingerprint density at radius 1 is 1.42 bits per heavy atom. The lowest BCUT2D eigenvalue weighted by Crippen LogP contribution is -2.40. The van der Waals surface area contributed by atoms with Crippen LogP contribution in [0.5, 0.6) is 0 Å². The van der Waals surface area contributed by atoms with Crippen LogP contribution in [0, 0.1) is 5.92 Å². The van der Waals surface area contributed by atoms with E-state index in [2.05, 4.69) is 10.6 Å². The van der Waals surface area contributed by atoms with E-state index >= 15 is 0 Å². The maximum absolute atomic E-state index is 11.6. The van der Waals surface area contributed by atoms with Crippen molar-refractivity contribution in [3.63, 3.8) is 0 Å². The average molecular weight is 280 g/mol. The molecule has 5 nitrogen and oxygen atoms in total. The van der Waals surface area contributed by atoms with E-state index in [0.29, 0.717) is 11.3 Å². The van der Waals surface area contributed by atoms with Crippen LogP contribution in [0.1, 0.15) is 16.1 Å². The van der Waals surface area contributed by atoms with Gasteiger partial charge < -0.3 is 15.7 Å². The van der Waals surface area contributed by atoms with Gasteiger partial charge in [0.05, 0.1) is 11.4 Å². The fourth-order valence-corrected chi connectivity index (χ4v) is 2.57. The summed E-state index contributed by atoms with van der Waals surface area (Å²) in [4.78, 5) is 23.9. The Kier molecular flexibility index (Phi) is 4.70. The smallest absolute Gasteiger partial charge is 0.261 e. The molecule has 1 aromatic rings. The Balaban J connectivity index is 1.71. The fraction of sp³-hybridized carbons (Fsp3) is 0.385. The molecule has 0 unspecified atom stereocenters. The Labute approximate surface area is 115 Å². The van der Waals surface area contributed by atoms with Gasteiger partial charge in [0.15, 0.2) is 0 Å². The van der Waals surface area contributed by atoms with Crippen LogP contribution in [0.25, 0.3) is 0 Å². The summed E-state index contributed by atoms with van der Waals surface area (Å²) in [6.07, 6.45) is 4.48. The van der Waals surface area contributed by atoms with Gasteiger partial charge in [-0.2, -0.15) is 0 Å². The average Bonchev–Trinajstić information content (AvgIpc) is 3.06. The molecule has 1 aliphatic carbocycles. The molecular formula is C13H16N2O3S. The molecule has 6 heteroatoms. The van der Waals surface area contributed by atoms with Crippen molar-refractivity contribution in [2.75, 3.05) is 13.2 Å². The van der Waals surface area contributed by atoms with Gasteiger partial charge in [0, 0.05) is 18.6 Å². The summed E-state index contributed by atoms with van der Waals surface area (Å²) in [6.45, 7) is 0.0584. The van der Waals surface area contributed by atoms with Crippen molar-refractivity contribution < 1.29 is 14.7 Å². The normalized spacial score (nSPS) is 21.3. The second-order valence-electron chi connectivity index (χ2n) is 4.40. The highest BCUT2D eigenvalue weighted by molar-refractivity contribution is 7.12. The van der Waals surface area contributed by atoms with Gasteiger partial charge in [-0.25, -0.2) is 0 Å². The Morgan fingerprint density at radius 2 is 2.26 bits per heavy atom. The molecule has 0 spiro atoms. The van der Waals surface area contributed by atoms with E-state index < -0.39 is 0 Å². The van der Waals surface area contributed by atoms with Crippen LogP contribution in [0.4, 0.5) is 0 Å². The maximum Gasteiger partial charge on any atom is 0.261 e. The molecule has 0 saturated heterocycles. The lowest BCUT2D eigenvalue weighted by atomic mass is 10.1. The Hall–Kier alpha value is -1.66. The van der Waals surface area contributed by atoms with Gasteiger partial charge in [-0.1, -0.05) is 18.2 Å². The first kappa shape index (κ1) is 13.8. The number of carbonyl (C=O) groups excluding carboxylic acids is 2. The standard InChI is InChI=1S/C13H16N2O3S/c16-8-9-3-4-10(6-9)15-12(17)7-14-13(18)11-2-1-5-19-11/h1-5,9-10,16H,6-8H2,(H,14,18)(H,15,17)/t9-,10+/m0/s1. The summed E-state index contributed by atoms with van der Waals surface area (Å²) < 4.78 is 0. The molecule has 2 rings (SSSR count). The van der Waals surface area contributed by atoms with Crippen LogP contribution in [-0.2, 0) is 4.79 Å². The van der Waals surface area contributed by atoms with Crippen LogP contribution >= 0.6 is 11.3 Å². The predicted molar refractivity (Wildman–Crippen MR) is 72.9 cm³/mol. The monoisotopic (exact) mass is 280 g/mol. The summed E-state index contributed by atoms with van der Waals surface area (Å²) >= 11 is 1.34. The Bertz CT molecular complexity index is 470. The van der Waals surface area contributed by atoms with E-state index in [0.717, 1.165) is 0 Å². The SMILES string of the molecule is O=C(CNC(=O)c1cccs1)N[C@@H]1C=C[C@H](CO)C1. The number of aliphatic hydroxyl groups is 1. The minimum absolute atomic E-state index is 0.0368. The molecule has 0 saturated carbocycles. The molecule has 1 aliphatic rings. The van der Waals surface area contributed by atoms with Gasteiger partial charge in [0.25, 0.3) is 5.91 Å². The molecule has 0 radical (unpaired) electrons. The summed E-state index contributed by atoms with van der Waals surface area (Å²) in [7, 11) is 0. The van der Waals surface area contributed by atoms with Crippen LogP contribution in [0.2, 0.25) is 0 Å². The van der Waals surface area contributed by atoms with Crippen LogP contribution in [0.3, 0.4) is 0 Å². The van der Waals surface area contributed by atoms with E-state index in [9.17, 15) is 9.59 Å². The third-order valence-corrected chi connectivity index (χ3v) is 3.78. The predicted octanol–water partition coefficient (Wildman–Crippen LogP) is 0.531. The molecule has 0 bridgehead atoms. The minimum atomic E-state index is -0.236. The maximum atomic E-state index is 11.6. The number of rotatable bonds is 5. The number of carbonyl (C=O) groups is 2. The number of hydrogen-bond acceptors (Lipinski definition) is 4. The molecule has 1 heterocycles. The molecule has 2 amide bonds. The largest absolute Gasteiger partial charge is 0.396 e.